The number of methoxy groups -OCH3 is 1. The SMILES string of the molecule is COc1cccc(Nc2c(C(N)=O)cnc3c(C)cc(Oc4cccc(C(=O)N5CCN(CCO)CC5)c4)cc23)c1. The van der Waals surface area contributed by atoms with Crippen LogP contribution in [-0.2, 0) is 0 Å². The predicted molar refractivity (Wildman–Crippen MR) is 157 cm³/mol. The molecule has 1 aliphatic heterocycles. The molecule has 3 aromatic carbocycles. The van der Waals surface area contributed by atoms with Gasteiger partial charge in [0.15, 0.2) is 0 Å². The van der Waals surface area contributed by atoms with Crippen LogP contribution in [-0.4, -0.2) is 78.1 Å². The van der Waals surface area contributed by atoms with Gasteiger partial charge in [0.25, 0.3) is 11.8 Å². The Morgan fingerprint density at radius 3 is 2.49 bits per heavy atom. The number of β-amino-alcohol motifs (C(OH)–C–C–N with tert-alkyl or cyclic N) is 1. The van der Waals surface area contributed by atoms with E-state index in [9.17, 15) is 9.59 Å². The molecule has 1 saturated heterocycles. The minimum absolute atomic E-state index is 0.0612. The van der Waals surface area contributed by atoms with Crippen molar-refractivity contribution in [2.24, 2.45) is 5.73 Å². The molecule has 4 aromatic rings. The highest BCUT2D eigenvalue weighted by Gasteiger charge is 2.22. The fourth-order valence-electron chi connectivity index (χ4n) is 5.00. The molecule has 212 valence electrons. The van der Waals surface area contributed by atoms with Crippen molar-refractivity contribution in [2.45, 2.75) is 6.92 Å². The number of fused-ring (bicyclic) bond motifs is 1. The number of primary amides is 1. The lowest BCUT2D eigenvalue weighted by Crippen LogP contribution is -2.49. The summed E-state index contributed by atoms with van der Waals surface area (Å²) in [4.78, 5) is 34.0. The number of hydrogen-bond donors (Lipinski definition) is 3. The molecule has 2 amide bonds. The minimum Gasteiger partial charge on any atom is -0.497 e. The standard InChI is InChI=1S/C31H33N5O5/c1-20-15-25(41-24-8-3-5-21(16-24)31(39)36-11-9-35(10-12-36)13-14-37)18-26-28(20)33-19-27(30(32)38)29(26)34-22-6-4-7-23(17-22)40-2/h3-8,15-19,37H,9-14H2,1-2H3,(H2,32,38)(H,33,34). The molecule has 41 heavy (non-hydrogen) atoms. The van der Waals surface area contributed by atoms with Gasteiger partial charge in [0.05, 0.1) is 30.5 Å². The van der Waals surface area contributed by atoms with Gasteiger partial charge in [-0.1, -0.05) is 12.1 Å². The molecule has 0 atom stereocenters. The van der Waals surface area contributed by atoms with Crippen molar-refractivity contribution in [2.75, 3.05) is 51.8 Å². The Hall–Kier alpha value is -4.67. The van der Waals surface area contributed by atoms with Crippen LogP contribution in [0.3, 0.4) is 0 Å². The normalized spacial score (nSPS) is 13.7. The zero-order valence-corrected chi connectivity index (χ0v) is 23.1. The van der Waals surface area contributed by atoms with E-state index in [0.717, 1.165) is 18.7 Å². The van der Waals surface area contributed by atoms with Crippen molar-refractivity contribution in [3.8, 4) is 17.2 Å². The third kappa shape index (κ3) is 6.24. The topological polar surface area (TPSA) is 130 Å². The van der Waals surface area contributed by atoms with Gasteiger partial charge in [0, 0.05) is 61.6 Å². The Bertz CT molecular complexity index is 1580. The second-order valence-electron chi connectivity index (χ2n) is 9.89. The van der Waals surface area contributed by atoms with Gasteiger partial charge in [-0.15, -0.1) is 0 Å². The van der Waals surface area contributed by atoms with Crippen LogP contribution in [0.2, 0.25) is 0 Å². The lowest BCUT2D eigenvalue weighted by Gasteiger charge is -2.34. The number of hydrogen-bond acceptors (Lipinski definition) is 8. The van der Waals surface area contributed by atoms with E-state index < -0.39 is 5.91 Å². The van der Waals surface area contributed by atoms with Crippen molar-refractivity contribution >= 4 is 34.1 Å². The number of carbonyl (C=O) groups is 2. The van der Waals surface area contributed by atoms with Crippen molar-refractivity contribution in [1.82, 2.24) is 14.8 Å². The minimum atomic E-state index is -0.614. The molecule has 1 fully saturated rings. The van der Waals surface area contributed by atoms with Crippen LogP contribution in [0.15, 0.2) is 66.9 Å². The first-order valence-electron chi connectivity index (χ1n) is 13.4. The smallest absolute Gasteiger partial charge is 0.254 e. The average molecular weight is 556 g/mol. The van der Waals surface area contributed by atoms with Crippen molar-refractivity contribution in [1.29, 1.82) is 0 Å². The molecule has 0 aliphatic carbocycles. The maximum Gasteiger partial charge on any atom is 0.254 e. The number of anilines is 2. The average Bonchev–Trinajstić information content (AvgIpc) is 2.98. The number of benzene rings is 3. The van der Waals surface area contributed by atoms with E-state index in [1.807, 2.05) is 42.2 Å². The Morgan fingerprint density at radius 1 is 1.00 bits per heavy atom. The zero-order chi connectivity index (χ0) is 28.9. The van der Waals surface area contributed by atoms with Gasteiger partial charge in [-0.3, -0.25) is 19.5 Å². The summed E-state index contributed by atoms with van der Waals surface area (Å²) < 4.78 is 11.6. The fraction of sp³-hybridized carbons (Fsp3) is 0.258. The zero-order valence-electron chi connectivity index (χ0n) is 23.1. The van der Waals surface area contributed by atoms with E-state index in [1.54, 1.807) is 37.4 Å². The Morgan fingerprint density at radius 2 is 1.76 bits per heavy atom. The molecule has 0 radical (unpaired) electrons. The van der Waals surface area contributed by atoms with Gasteiger partial charge in [-0.05, 0) is 55.0 Å². The number of carbonyl (C=O) groups excluding carboxylic acids is 2. The lowest BCUT2D eigenvalue weighted by molar-refractivity contribution is 0.0614. The summed E-state index contributed by atoms with van der Waals surface area (Å²) in [5, 5.41) is 13.1. The number of pyridine rings is 1. The van der Waals surface area contributed by atoms with E-state index in [4.69, 9.17) is 20.3 Å². The molecule has 0 saturated carbocycles. The summed E-state index contributed by atoms with van der Waals surface area (Å²) in [5.41, 5.74) is 9.25. The van der Waals surface area contributed by atoms with E-state index in [0.29, 0.717) is 64.7 Å². The molecule has 2 heterocycles. The lowest BCUT2D eigenvalue weighted by atomic mass is 10.0. The quantitative estimate of drug-likeness (QED) is 0.283. The van der Waals surface area contributed by atoms with Crippen LogP contribution in [0.5, 0.6) is 17.2 Å². The molecule has 1 aromatic heterocycles. The van der Waals surface area contributed by atoms with Gasteiger partial charge in [0.2, 0.25) is 0 Å². The largest absolute Gasteiger partial charge is 0.497 e. The Balaban J connectivity index is 1.44. The number of amides is 2. The summed E-state index contributed by atoms with van der Waals surface area (Å²) in [6, 6.07) is 18.1. The molecular formula is C31H33N5O5. The fourth-order valence-corrected chi connectivity index (χ4v) is 5.00. The van der Waals surface area contributed by atoms with Crippen LogP contribution in [0.4, 0.5) is 11.4 Å². The van der Waals surface area contributed by atoms with Crippen LogP contribution < -0.4 is 20.5 Å². The molecule has 10 heteroatoms. The number of aliphatic hydroxyl groups excluding tert-OH is 1. The summed E-state index contributed by atoms with van der Waals surface area (Å²) in [5.74, 6) is 1.02. The number of nitrogens with two attached hydrogens (primary N) is 1. The van der Waals surface area contributed by atoms with Gasteiger partial charge in [0.1, 0.15) is 17.2 Å². The molecule has 0 bridgehead atoms. The van der Waals surface area contributed by atoms with Crippen molar-refractivity contribution in [3.05, 3.63) is 83.6 Å². The van der Waals surface area contributed by atoms with Crippen LogP contribution in [0.1, 0.15) is 26.3 Å². The molecule has 1 aliphatic rings. The van der Waals surface area contributed by atoms with Gasteiger partial charge >= 0.3 is 0 Å². The third-order valence-corrected chi connectivity index (χ3v) is 7.13. The van der Waals surface area contributed by atoms with E-state index in [2.05, 4.69) is 15.2 Å². The van der Waals surface area contributed by atoms with Gasteiger partial charge in [-0.2, -0.15) is 0 Å². The van der Waals surface area contributed by atoms with Crippen LogP contribution in [0, 0.1) is 6.92 Å². The number of nitrogens with one attached hydrogen (secondary N) is 1. The number of nitrogens with zero attached hydrogens (tertiary/aromatic N) is 3. The second kappa shape index (κ2) is 12.2. The number of ether oxygens (including phenoxy) is 2. The van der Waals surface area contributed by atoms with Gasteiger partial charge in [-0.25, -0.2) is 0 Å². The highest BCUT2D eigenvalue weighted by atomic mass is 16.5. The molecule has 0 spiro atoms. The number of aromatic nitrogens is 1. The maximum atomic E-state index is 13.2. The summed E-state index contributed by atoms with van der Waals surface area (Å²) in [6.07, 6.45) is 1.47. The predicted octanol–water partition coefficient (Wildman–Crippen LogP) is 3.94. The Labute approximate surface area is 238 Å². The van der Waals surface area contributed by atoms with Gasteiger partial charge < -0.3 is 30.5 Å². The first-order chi connectivity index (χ1) is 19.9. The molecule has 5 rings (SSSR count). The van der Waals surface area contributed by atoms with Crippen LogP contribution >= 0.6 is 0 Å². The summed E-state index contributed by atoms with van der Waals surface area (Å²) >= 11 is 0. The summed E-state index contributed by atoms with van der Waals surface area (Å²) in [6.45, 7) is 5.30. The highest BCUT2D eigenvalue weighted by Crippen LogP contribution is 2.35. The first kappa shape index (κ1) is 27.9. The van der Waals surface area contributed by atoms with Crippen LogP contribution in [0.25, 0.3) is 10.9 Å². The number of aliphatic hydroxyl groups is 1. The molecule has 10 nitrogen and oxygen atoms in total. The monoisotopic (exact) mass is 555 g/mol. The first-order valence-corrected chi connectivity index (χ1v) is 13.4. The Kier molecular flexibility index (Phi) is 8.32. The highest BCUT2D eigenvalue weighted by molar-refractivity contribution is 6.08. The van der Waals surface area contributed by atoms with Crippen molar-refractivity contribution in [3.63, 3.8) is 0 Å². The van der Waals surface area contributed by atoms with E-state index >= 15 is 0 Å². The third-order valence-electron chi connectivity index (χ3n) is 7.13. The summed E-state index contributed by atoms with van der Waals surface area (Å²) in [7, 11) is 1.59. The molecule has 0 unspecified atom stereocenters. The number of rotatable bonds is 9. The molecule has 4 N–H and O–H groups in total. The van der Waals surface area contributed by atoms with E-state index in [1.165, 1.54) is 6.20 Å². The molecular weight excluding hydrogens is 522 g/mol. The second-order valence-corrected chi connectivity index (χ2v) is 9.89. The number of aryl methyl sites for hydroxylation is 1. The number of piperazine rings is 1. The van der Waals surface area contributed by atoms with Crippen molar-refractivity contribution < 1.29 is 24.2 Å². The van der Waals surface area contributed by atoms with E-state index in [-0.39, 0.29) is 18.1 Å². The maximum absolute atomic E-state index is 13.2.